The second-order valence-electron chi connectivity index (χ2n) is 16.7. The Hall–Kier alpha value is -1.00. The third-order valence-electron chi connectivity index (χ3n) is 10.2. The normalized spacial score (nSPS) is 9.98. The van der Waals surface area contributed by atoms with E-state index in [-0.39, 0.29) is 0 Å². The van der Waals surface area contributed by atoms with Crippen molar-refractivity contribution in [2.45, 2.75) is 334 Å². The van der Waals surface area contributed by atoms with Gasteiger partial charge in [-0.05, 0) is 50.7 Å². The lowest BCUT2D eigenvalue weighted by Crippen LogP contribution is -1.89. The number of hydrogen-bond donors (Lipinski definition) is 0. The van der Waals surface area contributed by atoms with Crippen molar-refractivity contribution in [1.29, 1.82) is 0 Å². The van der Waals surface area contributed by atoms with Gasteiger partial charge in [-0.1, -0.05) is 314 Å². The first kappa shape index (κ1) is 72.4. The first-order valence-corrected chi connectivity index (χ1v) is 27.5. The topological polar surface area (TPSA) is 0 Å². The van der Waals surface area contributed by atoms with Crippen molar-refractivity contribution in [1.82, 2.24) is 0 Å². The summed E-state index contributed by atoms with van der Waals surface area (Å²) in [5.41, 5.74) is 3.16. The molecular formula is C59H124. The van der Waals surface area contributed by atoms with Crippen LogP contribution in [0.5, 0.6) is 0 Å². The summed E-state index contributed by atoms with van der Waals surface area (Å²) in [6.07, 6.45) is 61.2. The van der Waals surface area contributed by atoms with Gasteiger partial charge in [-0.3, -0.25) is 0 Å². The van der Waals surface area contributed by atoms with Crippen LogP contribution in [-0.2, 0) is 0 Å². The summed E-state index contributed by atoms with van der Waals surface area (Å²) in [6.45, 7) is 35.8. The second-order valence-corrected chi connectivity index (χ2v) is 16.7. The van der Waals surface area contributed by atoms with E-state index in [0.29, 0.717) is 5.92 Å². The van der Waals surface area contributed by atoms with Crippen LogP contribution in [0.25, 0.3) is 0 Å². The molecule has 0 saturated carbocycles. The molecule has 0 aromatic rings. The van der Waals surface area contributed by atoms with E-state index in [4.69, 9.17) is 0 Å². The largest absolute Gasteiger partial charge is 0.130 e. The summed E-state index contributed by atoms with van der Waals surface area (Å²) < 4.78 is 0. The Morgan fingerprint density at radius 2 is 0.576 bits per heavy atom. The summed E-state index contributed by atoms with van der Waals surface area (Å²) in [6, 6.07) is 0. The Balaban J connectivity index is -0.000000111. The smallest absolute Gasteiger partial charge is 0.0186 e. The third kappa shape index (κ3) is 113. The molecular weight excluding hydrogens is 709 g/mol. The molecule has 0 fully saturated rings. The van der Waals surface area contributed by atoms with Crippen molar-refractivity contribution in [3.63, 3.8) is 0 Å². The molecule has 0 N–H and O–H groups in total. The maximum Gasteiger partial charge on any atom is -0.0186 e. The molecule has 0 aliphatic rings. The molecule has 360 valence electrons. The Kier molecular flexibility index (Phi) is 108. The van der Waals surface area contributed by atoms with E-state index < -0.39 is 0 Å². The van der Waals surface area contributed by atoms with E-state index in [1.807, 2.05) is 39.0 Å². The highest BCUT2D eigenvalue weighted by molar-refractivity contribution is 4.85. The fourth-order valence-electron chi connectivity index (χ4n) is 6.13. The molecule has 0 aliphatic carbocycles. The van der Waals surface area contributed by atoms with Crippen LogP contribution in [0.2, 0.25) is 0 Å². The molecule has 0 saturated heterocycles. The van der Waals surface area contributed by atoms with E-state index in [2.05, 4.69) is 94.2 Å². The van der Waals surface area contributed by atoms with Gasteiger partial charge in [0.05, 0.1) is 0 Å². The van der Waals surface area contributed by atoms with Gasteiger partial charge >= 0.3 is 0 Å². The zero-order valence-corrected chi connectivity index (χ0v) is 44.7. The predicted octanol–water partition coefficient (Wildman–Crippen LogP) is 23.7. The molecule has 0 nitrogen and oxygen atoms in total. The average molecular weight is 834 g/mol. The third-order valence-corrected chi connectivity index (χ3v) is 10.2. The number of hydrogen-bond acceptors (Lipinski definition) is 0. The highest BCUT2D eigenvalue weighted by Crippen LogP contribution is 2.13. The quantitative estimate of drug-likeness (QED) is 0.0335. The molecule has 0 aromatic carbocycles. The summed E-state index contributed by atoms with van der Waals surface area (Å²) in [4.78, 5) is 0. The van der Waals surface area contributed by atoms with Crippen molar-refractivity contribution >= 4 is 0 Å². The highest BCUT2D eigenvalue weighted by atomic mass is 14.0. The van der Waals surface area contributed by atoms with E-state index in [9.17, 15) is 0 Å². The monoisotopic (exact) mass is 833 g/mol. The summed E-state index contributed by atoms with van der Waals surface area (Å²) in [7, 11) is 0. The maximum atomic E-state index is 3.69. The van der Waals surface area contributed by atoms with Gasteiger partial charge in [0.2, 0.25) is 0 Å². The zero-order valence-electron chi connectivity index (χ0n) is 44.7. The Bertz CT molecular complexity index is 615. The van der Waals surface area contributed by atoms with Crippen LogP contribution in [0, 0.1) is 5.92 Å². The van der Waals surface area contributed by atoms with Gasteiger partial charge in [0, 0.05) is 0 Å². The molecule has 0 heteroatoms. The highest BCUT2D eigenvalue weighted by Gasteiger charge is 1.96. The molecule has 0 aliphatic heterocycles. The molecule has 0 bridgehead atoms. The number of allylic oxidation sites excluding steroid dienone is 3. The molecule has 1 atom stereocenters. The van der Waals surface area contributed by atoms with Gasteiger partial charge in [0.25, 0.3) is 0 Å². The first-order chi connectivity index (χ1) is 28.9. The number of rotatable bonds is 36. The van der Waals surface area contributed by atoms with Crippen LogP contribution in [0.4, 0.5) is 0 Å². The standard InChI is InChI=1S/C14H26.C10H22.C10H20.2C9H20.C5H10.C2H6/c1-4-6-8-9-10-11-13-14(3)12-7-5-2;2*1-3-5-7-9-10-8-6-4-2;2*1-3-5-7-9-8-6-4-2;1-3-5-4-2;1-2/h5,12,14H,4,6,8-11,13H2,1-3H3;3-10H2,1-2H3;3H,1,4-10H2,2H3;2*3-9H2,1-2H3;3H,1,4-5H2,2H3;1-2H3. The van der Waals surface area contributed by atoms with Crippen LogP contribution in [0.15, 0.2) is 43.2 Å². The van der Waals surface area contributed by atoms with E-state index >= 15 is 0 Å². The van der Waals surface area contributed by atoms with E-state index in [0.717, 1.165) is 6.42 Å². The minimum atomic E-state index is 0.706. The minimum Gasteiger partial charge on any atom is -0.130 e. The van der Waals surface area contributed by atoms with Crippen LogP contribution < -0.4 is 0 Å². The first-order valence-electron chi connectivity index (χ1n) is 27.5. The molecule has 59 heavy (non-hydrogen) atoms. The van der Waals surface area contributed by atoms with Crippen molar-refractivity contribution in [2.75, 3.05) is 0 Å². The summed E-state index contributed by atoms with van der Waals surface area (Å²) in [5, 5.41) is 0. The van der Waals surface area contributed by atoms with E-state index in [1.54, 1.807) is 0 Å². The van der Waals surface area contributed by atoms with Gasteiger partial charge in [0.15, 0.2) is 0 Å². The Morgan fingerprint density at radius 3 is 0.780 bits per heavy atom. The molecule has 0 heterocycles. The van der Waals surface area contributed by atoms with Gasteiger partial charge in [-0.25, -0.2) is 0 Å². The van der Waals surface area contributed by atoms with Gasteiger partial charge in [-0.15, -0.1) is 18.9 Å². The van der Waals surface area contributed by atoms with Crippen LogP contribution in [0.1, 0.15) is 334 Å². The molecule has 0 spiro atoms. The zero-order chi connectivity index (χ0) is 46.0. The van der Waals surface area contributed by atoms with Crippen LogP contribution in [0.3, 0.4) is 0 Å². The molecule has 1 unspecified atom stereocenters. The lowest BCUT2D eigenvalue weighted by Gasteiger charge is -2.04. The Labute approximate surface area is 381 Å². The number of unbranched alkanes of at least 4 members (excludes halogenated alkanes) is 31. The predicted molar refractivity (Wildman–Crippen MR) is 286 cm³/mol. The van der Waals surface area contributed by atoms with Gasteiger partial charge < -0.3 is 0 Å². The van der Waals surface area contributed by atoms with Gasteiger partial charge in [-0.2, -0.15) is 0 Å². The fourth-order valence-corrected chi connectivity index (χ4v) is 6.13. The summed E-state index contributed by atoms with van der Waals surface area (Å²) >= 11 is 0. The minimum absolute atomic E-state index is 0.706. The van der Waals surface area contributed by atoms with Crippen molar-refractivity contribution in [3.05, 3.63) is 43.2 Å². The van der Waals surface area contributed by atoms with E-state index in [1.165, 1.54) is 238 Å². The SMILES string of the molecule is C=CCCC.C=CCCCCCCCC.CC.CC=C=CC(C)CCCCCCCC.CCCCCCCCC.CCCCCCCCC.CCCCCCCCCC. The lowest BCUT2D eigenvalue weighted by atomic mass is 10.0. The van der Waals surface area contributed by atoms with Crippen LogP contribution >= 0.6 is 0 Å². The summed E-state index contributed by atoms with van der Waals surface area (Å²) in [5.74, 6) is 0.706. The Morgan fingerprint density at radius 1 is 0.339 bits per heavy atom. The molecule has 0 radical (unpaired) electrons. The lowest BCUT2D eigenvalue weighted by molar-refractivity contribution is 0.543. The van der Waals surface area contributed by atoms with Crippen molar-refractivity contribution < 1.29 is 0 Å². The molecule has 0 aromatic heterocycles. The molecule has 0 amide bonds. The molecule has 0 rings (SSSR count). The second kappa shape index (κ2) is 88.3. The van der Waals surface area contributed by atoms with Crippen LogP contribution in [-0.4, -0.2) is 0 Å². The maximum absolute atomic E-state index is 3.69. The van der Waals surface area contributed by atoms with Crippen molar-refractivity contribution in [3.8, 4) is 0 Å². The van der Waals surface area contributed by atoms with Gasteiger partial charge in [0.1, 0.15) is 0 Å². The average Bonchev–Trinajstić information content (AvgIpc) is 3.26. The fraction of sp³-hybridized carbons (Fsp3) is 0.881. The van der Waals surface area contributed by atoms with Crippen molar-refractivity contribution in [2.24, 2.45) is 5.92 Å².